The number of benzene rings is 1. The summed E-state index contributed by atoms with van der Waals surface area (Å²) in [7, 11) is 0. The number of aliphatic hydroxyl groups excluding tert-OH is 1. The number of nitrogens with zero attached hydrogens (tertiary/aromatic N) is 4. The van der Waals surface area contributed by atoms with Gasteiger partial charge in [0.2, 0.25) is 5.91 Å². The van der Waals surface area contributed by atoms with Crippen LogP contribution in [0.5, 0.6) is 0 Å². The molecule has 39 heavy (non-hydrogen) atoms. The van der Waals surface area contributed by atoms with Gasteiger partial charge in [0.1, 0.15) is 6.54 Å². The SMILES string of the molecule is O=C(O)Cn1cc(N(CCCCCCCCO)C(=O)[C@H]2CCCN(c3cncc4ccccc34)C2)ccc1=O. The van der Waals surface area contributed by atoms with Crippen LogP contribution in [0.2, 0.25) is 0 Å². The largest absolute Gasteiger partial charge is 0.480 e. The van der Waals surface area contributed by atoms with Crippen LogP contribution in [0.3, 0.4) is 0 Å². The van der Waals surface area contributed by atoms with E-state index in [0.717, 1.165) is 78.9 Å². The Hall–Kier alpha value is -3.72. The van der Waals surface area contributed by atoms with E-state index < -0.39 is 18.1 Å². The van der Waals surface area contributed by atoms with Gasteiger partial charge in [-0.1, -0.05) is 49.9 Å². The number of aromatic nitrogens is 2. The molecule has 9 nitrogen and oxygen atoms in total. The molecule has 0 spiro atoms. The van der Waals surface area contributed by atoms with Crippen molar-refractivity contribution in [2.24, 2.45) is 5.92 Å². The fourth-order valence-corrected chi connectivity index (χ4v) is 5.37. The average Bonchev–Trinajstić information content (AvgIpc) is 2.95. The summed E-state index contributed by atoms with van der Waals surface area (Å²) in [5.41, 5.74) is 1.16. The number of piperidine rings is 1. The number of aliphatic carboxylic acids is 1. The van der Waals surface area contributed by atoms with Gasteiger partial charge in [0.15, 0.2) is 0 Å². The molecule has 9 heteroatoms. The van der Waals surface area contributed by atoms with Gasteiger partial charge in [-0.3, -0.25) is 19.4 Å². The van der Waals surface area contributed by atoms with Crippen molar-refractivity contribution in [3.8, 4) is 0 Å². The number of amides is 1. The lowest BCUT2D eigenvalue weighted by atomic mass is 9.95. The van der Waals surface area contributed by atoms with E-state index in [0.29, 0.717) is 18.8 Å². The Labute approximate surface area is 228 Å². The number of fused-ring (bicyclic) bond motifs is 1. The number of aliphatic hydroxyl groups is 1. The Balaban J connectivity index is 1.53. The molecule has 1 fully saturated rings. The predicted molar refractivity (Wildman–Crippen MR) is 152 cm³/mol. The van der Waals surface area contributed by atoms with E-state index in [9.17, 15) is 19.5 Å². The molecule has 3 heterocycles. The monoisotopic (exact) mass is 534 g/mol. The summed E-state index contributed by atoms with van der Waals surface area (Å²) in [6.07, 6.45) is 12.4. The van der Waals surface area contributed by atoms with Crippen molar-refractivity contribution < 1.29 is 19.8 Å². The van der Waals surface area contributed by atoms with E-state index >= 15 is 0 Å². The van der Waals surface area contributed by atoms with Crippen LogP contribution in [-0.2, 0) is 16.1 Å². The third-order valence-electron chi connectivity index (χ3n) is 7.40. The summed E-state index contributed by atoms with van der Waals surface area (Å²) in [6, 6.07) is 11.1. The number of carbonyl (C=O) groups excluding carboxylic acids is 1. The Morgan fingerprint density at radius 1 is 1.00 bits per heavy atom. The molecule has 208 valence electrons. The van der Waals surface area contributed by atoms with Crippen LogP contribution >= 0.6 is 0 Å². The number of carbonyl (C=O) groups is 2. The van der Waals surface area contributed by atoms with Crippen molar-refractivity contribution >= 4 is 34.0 Å². The molecule has 2 aromatic heterocycles. The molecule has 0 bridgehead atoms. The molecule has 1 aliphatic heterocycles. The maximum absolute atomic E-state index is 14.0. The van der Waals surface area contributed by atoms with Crippen LogP contribution in [0, 0.1) is 5.92 Å². The smallest absolute Gasteiger partial charge is 0.323 e. The Morgan fingerprint density at radius 3 is 2.56 bits per heavy atom. The molecule has 3 aromatic rings. The molecule has 1 aliphatic rings. The number of anilines is 2. The molecule has 0 unspecified atom stereocenters. The fourth-order valence-electron chi connectivity index (χ4n) is 5.37. The van der Waals surface area contributed by atoms with Crippen molar-refractivity contribution in [2.45, 2.75) is 57.9 Å². The number of carboxylic acid groups (broad SMARTS) is 1. The Morgan fingerprint density at radius 2 is 1.77 bits per heavy atom. The average molecular weight is 535 g/mol. The van der Waals surface area contributed by atoms with Gasteiger partial charge in [0, 0.05) is 55.5 Å². The summed E-state index contributed by atoms with van der Waals surface area (Å²) in [5, 5.41) is 20.4. The van der Waals surface area contributed by atoms with Gasteiger partial charge in [-0.2, -0.15) is 0 Å². The van der Waals surface area contributed by atoms with Crippen molar-refractivity contribution in [3.05, 3.63) is 65.3 Å². The lowest BCUT2D eigenvalue weighted by Crippen LogP contribution is -2.45. The summed E-state index contributed by atoms with van der Waals surface area (Å²) in [5.74, 6) is -1.35. The number of hydrogen-bond donors (Lipinski definition) is 2. The molecule has 4 rings (SSSR count). The minimum atomic E-state index is -1.11. The van der Waals surface area contributed by atoms with Gasteiger partial charge in [-0.25, -0.2) is 0 Å². The number of pyridine rings is 2. The molecule has 1 amide bonds. The second-order valence-corrected chi connectivity index (χ2v) is 10.2. The minimum absolute atomic E-state index is 0.00583. The number of rotatable bonds is 13. The summed E-state index contributed by atoms with van der Waals surface area (Å²) in [4.78, 5) is 46.0. The summed E-state index contributed by atoms with van der Waals surface area (Å²) >= 11 is 0. The lowest BCUT2D eigenvalue weighted by molar-refractivity contribution is -0.137. The molecule has 1 atom stereocenters. The minimum Gasteiger partial charge on any atom is -0.480 e. The first-order valence-corrected chi connectivity index (χ1v) is 13.9. The van der Waals surface area contributed by atoms with E-state index in [1.165, 1.54) is 12.3 Å². The standard InChI is InChI=1S/C30H38N4O5/c35-17-8-4-2-1-3-7-16-34(25-13-14-28(36)33(21-25)22-29(37)38)30(39)24-11-9-15-32(20-24)27-19-31-18-23-10-5-6-12-26(23)27/h5-6,10,12-14,18-19,21,24,35H,1-4,7-9,11,15-17,20,22H2,(H,37,38)/t24-/m0/s1. The molecule has 1 aromatic carbocycles. The molecular weight excluding hydrogens is 496 g/mol. The fraction of sp³-hybridized carbons (Fsp3) is 0.467. The first-order valence-electron chi connectivity index (χ1n) is 13.9. The summed E-state index contributed by atoms with van der Waals surface area (Å²) < 4.78 is 1.14. The zero-order valence-corrected chi connectivity index (χ0v) is 22.4. The normalized spacial score (nSPS) is 15.4. The molecular formula is C30H38N4O5. The lowest BCUT2D eigenvalue weighted by Gasteiger charge is -2.36. The number of hydrogen-bond acceptors (Lipinski definition) is 6. The topological polar surface area (TPSA) is 116 Å². The van der Waals surface area contributed by atoms with Gasteiger partial charge in [0.25, 0.3) is 5.56 Å². The maximum Gasteiger partial charge on any atom is 0.323 e. The highest BCUT2D eigenvalue weighted by molar-refractivity contribution is 5.96. The van der Waals surface area contributed by atoms with Gasteiger partial charge < -0.3 is 24.6 Å². The van der Waals surface area contributed by atoms with Gasteiger partial charge >= 0.3 is 5.97 Å². The van der Waals surface area contributed by atoms with Crippen molar-refractivity contribution in [3.63, 3.8) is 0 Å². The van der Waals surface area contributed by atoms with Gasteiger partial charge in [0.05, 0.1) is 23.5 Å². The van der Waals surface area contributed by atoms with Crippen molar-refractivity contribution in [2.75, 3.05) is 36.0 Å². The van der Waals surface area contributed by atoms with Gasteiger partial charge in [-0.05, 0) is 31.7 Å². The highest BCUT2D eigenvalue weighted by Gasteiger charge is 2.31. The highest BCUT2D eigenvalue weighted by Crippen LogP contribution is 2.31. The van der Waals surface area contributed by atoms with E-state index in [2.05, 4.69) is 16.0 Å². The molecule has 2 N–H and O–H groups in total. The quantitative estimate of drug-likeness (QED) is 0.318. The van der Waals surface area contributed by atoms with Crippen LogP contribution in [0.15, 0.2) is 59.8 Å². The van der Waals surface area contributed by atoms with E-state index in [4.69, 9.17) is 5.11 Å². The molecule has 1 saturated heterocycles. The Kier molecular flexibility index (Phi) is 10.1. The summed E-state index contributed by atoms with van der Waals surface area (Å²) in [6.45, 7) is 1.67. The van der Waals surface area contributed by atoms with Crippen molar-refractivity contribution in [1.82, 2.24) is 9.55 Å². The van der Waals surface area contributed by atoms with E-state index in [-0.39, 0.29) is 18.4 Å². The zero-order valence-electron chi connectivity index (χ0n) is 22.4. The highest BCUT2D eigenvalue weighted by atomic mass is 16.4. The predicted octanol–water partition coefficient (Wildman–Crippen LogP) is 4.06. The Bertz CT molecular complexity index is 1320. The second kappa shape index (κ2) is 13.9. The van der Waals surface area contributed by atoms with Crippen LogP contribution in [0.25, 0.3) is 10.8 Å². The third kappa shape index (κ3) is 7.44. The first kappa shape index (κ1) is 28.3. The second-order valence-electron chi connectivity index (χ2n) is 10.2. The van der Waals surface area contributed by atoms with Gasteiger partial charge in [-0.15, -0.1) is 0 Å². The first-order chi connectivity index (χ1) is 19.0. The molecule has 0 saturated carbocycles. The molecule has 0 aliphatic carbocycles. The van der Waals surface area contributed by atoms with Crippen LogP contribution < -0.4 is 15.4 Å². The van der Waals surface area contributed by atoms with Crippen LogP contribution in [0.4, 0.5) is 11.4 Å². The molecule has 0 radical (unpaired) electrons. The number of unbranched alkanes of at least 4 members (excludes halogenated alkanes) is 5. The zero-order chi connectivity index (χ0) is 27.6. The van der Waals surface area contributed by atoms with Crippen LogP contribution in [-0.4, -0.2) is 57.9 Å². The van der Waals surface area contributed by atoms with E-state index in [1.807, 2.05) is 30.6 Å². The number of carboxylic acids is 1. The van der Waals surface area contributed by atoms with Crippen LogP contribution in [0.1, 0.15) is 51.4 Å². The third-order valence-corrected chi connectivity index (χ3v) is 7.40. The maximum atomic E-state index is 14.0. The van der Waals surface area contributed by atoms with Crippen molar-refractivity contribution in [1.29, 1.82) is 0 Å². The van der Waals surface area contributed by atoms with E-state index in [1.54, 1.807) is 11.0 Å².